The molecule has 0 aromatic carbocycles. The summed E-state index contributed by atoms with van der Waals surface area (Å²) in [4.78, 5) is 16.2. The fraction of sp³-hybridized carbons (Fsp3) is 0.231. The van der Waals surface area contributed by atoms with Crippen LogP contribution < -0.4 is 4.74 Å². The number of hydrogen-bond acceptors (Lipinski definition) is 4. The van der Waals surface area contributed by atoms with Crippen LogP contribution in [0.3, 0.4) is 0 Å². The van der Waals surface area contributed by atoms with Crippen LogP contribution in [0.2, 0.25) is 0 Å². The molecular formula is C13H12BrNO2S. The molecule has 0 radical (unpaired) electrons. The van der Waals surface area contributed by atoms with E-state index < -0.39 is 0 Å². The molecule has 0 fully saturated rings. The lowest BCUT2D eigenvalue weighted by Gasteiger charge is -2.09. The fourth-order valence-electron chi connectivity index (χ4n) is 1.48. The molecule has 5 heteroatoms. The number of ether oxygens (including phenoxy) is 1. The summed E-state index contributed by atoms with van der Waals surface area (Å²) in [7, 11) is 0. The van der Waals surface area contributed by atoms with Crippen LogP contribution in [-0.4, -0.2) is 16.9 Å². The summed E-state index contributed by atoms with van der Waals surface area (Å²) in [6.07, 6.45) is 3.23. The van der Waals surface area contributed by atoms with Gasteiger partial charge in [0, 0.05) is 22.7 Å². The highest BCUT2D eigenvalue weighted by atomic mass is 79.9. The average Bonchev–Trinajstić information content (AvgIpc) is 2.74. The molecule has 0 aliphatic rings. The lowest BCUT2D eigenvalue weighted by molar-refractivity contribution is 0.103. The van der Waals surface area contributed by atoms with Gasteiger partial charge in [0.2, 0.25) is 0 Å². The number of rotatable bonds is 4. The first-order chi connectivity index (χ1) is 8.56. The summed E-state index contributed by atoms with van der Waals surface area (Å²) >= 11 is 4.83. The molecule has 0 saturated carbocycles. The van der Waals surface area contributed by atoms with Gasteiger partial charge >= 0.3 is 0 Å². The van der Waals surface area contributed by atoms with Gasteiger partial charge in [-0.25, -0.2) is 0 Å². The second-order valence-corrected chi connectivity index (χ2v) is 6.34. The van der Waals surface area contributed by atoms with E-state index in [1.165, 1.54) is 11.3 Å². The molecule has 0 saturated heterocycles. The molecule has 2 aromatic heterocycles. The van der Waals surface area contributed by atoms with E-state index in [2.05, 4.69) is 20.9 Å². The van der Waals surface area contributed by atoms with Crippen LogP contribution in [0.25, 0.3) is 0 Å². The third-order valence-corrected chi connectivity index (χ3v) is 3.68. The first-order valence-electron chi connectivity index (χ1n) is 5.46. The molecule has 2 heterocycles. The van der Waals surface area contributed by atoms with E-state index in [1.807, 2.05) is 25.3 Å². The molecule has 2 rings (SSSR count). The van der Waals surface area contributed by atoms with Crippen LogP contribution in [0.5, 0.6) is 5.75 Å². The van der Waals surface area contributed by atoms with Gasteiger partial charge in [-0.2, -0.15) is 0 Å². The maximum atomic E-state index is 12.2. The van der Waals surface area contributed by atoms with E-state index in [0.717, 1.165) is 3.79 Å². The van der Waals surface area contributed by atoms with Crippen LogP contribution in [0.1, 0.15) is 29.8 Å². The zero-order valence-corrected chi connectivity index (χ0v) is 12.4. The molecule has 0 amide bonds. The number of hydrogen-bond donors (Lipinski definition) is 0. The maximum absolute atomic E-state index is 12.2. The van der Waals surface area contributed by atoms with Crippen molar-refractivity contribution in [2.75, 3.05) is 0 Å². The van der Waals surface area contributed by atoms with Gasteiger partial charge in [0.1, 0.15) is 5.75 Å². The van der Waals surface area contributed by atoms with Crippen molar-refractivity contribution in [3.05, 3.63) is 44.8 Å². The van der Waals surface area contributed by atoms with Gasteiger partial charge in [-0.1, -0.05) is 0 Å². The van der Waals surface area contributed by atoms with Crippen molar-refractivity contribution in [3.8, 4) is 5.75 Å². The Morgan fingerprint density at radius 1 is 1.33 bits per heavy atom. The second-order valence-electron chi connectivity index (χ2n) is 4.04. The summed E-state index contributed by atoms with van der Waals surface area (Å²) in [6, 6.07) is 3.53. The number of pyridine rings is 1. The zero-order chi connectivity index (χ0) is 13.1. The highest BCUT2D eigenvalue weighted by Crippen LogP contribution is 2.23. The lowest BCUT2D eigenvalue weighted by Crippen LogP contribution is -2.07. The van der Waals surface area contributed by atoms with Gasteiger partial charge in [0.25, 0.3) is 0 Å². The number of nitrogens with zero attached hydrogens (tertiary/aromatic N) is 1. The Morgan fingerprint density at radius 3 is 2.72 bits per heavy atom. The largest absolute Gasteiger partial charge is 0.489 e. The molecular weight excluding hydrogens is 314 g/mol. The Labute approximate surface area is 118 Å². The van der Waals surface area contributed by atoms with Gasteiger partial charge in [-0.15, -0.1) is 11.3 Å². The quantitative estimate of drug-likeness (QED) is 0.799. The summed E-state index contributed by atoms with van der Waals surface area (Å²) in [5.41, 5.74) is 1.20. The number of halogens is 1. The van der Waals surface area contributed by atoms with Crippen molar-refractivity contribution in [1.82, 2.24) is 4.98 Å². The maximum Gasteiger partial charge on any atom is 0.195 e. The van der Waals surface area contributed by atoms with Gasteiger partial charge in [0.15, 0.2) is 5.78 Å². The smallest absolute Gasteiger partial charge is 0.195 e. The van der Waals surface area contributed by atoms with Crippen molar-refractivity contribution in [3.63, 3.8) is 0 Å². The molecule has 0 atom stereocenters. The van der Waals surface area contributed by atoms with Gasteiger partial charge in [-0.3, -0.25) is 9.78 Å². The van der Waals surface area contributed by atoms with Crippen molar-refractivity contribution in [2.45, 2.75) is 20.0 Å². The van der Waals surface area contributed by atoms with Crippen molar-refractivity contribution in [1.29, 1.82) is 0 Å². The monoisotopic (exact) mass is 325 g/mol. The van der Waals surface area contributed by atoms with E-state index in [0.29, 0.717) is 16.9 Å². The summed E-state index contributed by atoms with van der Waals surface area (Å²) < 4.78 is 6.46. The van der Waals surface area contributed by atoms with Gasteiger partial charge in [0.05, 0.1) is 16.1 Å². The van der Waals surface area contributed by atoms with Crippen molar-refractivity contribution < 1.29 is 9.53 Å². The van der Waals surface area contributed by atoms with Crippen LogP contribution in [0.15, 0.2) is 33.7 Å². The van der Waals surface area contributed by atoms with E-state index in [4.69, 9.17) is 4.74 Å². The van der Waals surface area contributed by atoms with Crippen LogP contribution in [-0.2, 0) is 0 Å². The van der Waals surface area contributed by atoms with Gasteiger partial charge in [-0.05, 0) is 41.9 Å². The Bertz CT molecular complexity index is 566. The number of thiophene rings is 1. The Hall–Kier alpha value is -1.20. The van der Waals surface area contributed by atoms with Gasteiger partial charge < -0.3 is 4.74 Å². The molecule has 18 heavy (non-hydrogen) atoms. The minimum absolute atomic E-state index is 0.0429. The Morgan fingerprint density at radius 2 is 2.11 bits per heavy atom. The summed E-state index contributed by atoms with van der Waals surface area (Å²) in [6.45, 7) is 3.87. The Balaban J connectivity index is 2.25. The van der Waals surface area contributed by atoms with E-state index >= 15 is 0 Å². The minimum Gasteiger partial charge on any atom is -0.489 e. The number of ketones is 1. The molecule has 0 spiro atoms. The molecule has 2 aromatic rings. The van der Waals surface area contributed by atoms with Crippen molar-refractivity contribution in [2.24, 2.45) is 0 Å². The molecule has 0 unspecified atom stereocenters. The second kappa shape index (κ2) is 5.63. The van der Waals surface area contributed by atoms with Crippen LogP contribution in [0, 0.1) is 0 Å². The SMILES string of the molecule is CC(C)Oc1cncc(C(=O)c2csc(Br)c2)c1. The first-order valence-corrected chi connectivity index (χ1v) is 7.14. The molecule has 0 N–H and O–H groups in total. The van der Waals surface area contributed by atoms with E-state index in [-0.39, 0.29) is 11.9 Å². The standard InChI is InChI=1S/C13H12BrNO2S/c1-8(2)17-11-3-9(5-15-6-11)13(16)10-4-12(14)18-7-10/h3-8H,1-2H3. The highest BCUT2D eigenvalue weighted by molar-refractivity contribution is 9.11. The fourth-order valence-corrected chi connectivity index (χ4v) is 2.61. The highest BCUT2D eigenvalue weighted by Gasteiger charge is 2.12. The van der Waals surface area contributed by atoms with E-state index in [9.17, 15) is 4.79 Å². The Kier molecular flexibility index (Phi) is 4.14. The van der Waals surface area contributed by atoms with E-state index in [1.54, 1.807) is 18.5 Å². The predicted octanol–water partition coefficient (Wildman–Crippen LogP) is 3.92. The average molecular weight is 326 g/mol. The molecule has 94 valence electrons. The lowest BCUT2D eigenvalue weighted by atomic mass is 10.1. The van der Waals surface area contributed by atoms with Crippen molar-refractivity contribution >= 4 is 33.0 Å². The number of carbonyl (C=O) groups is 1. The molecule has 0 bridgehead atoms. The third-order valence-electron chi connectivity index (χ3n) is 2.18. The molecule has 0 aliphatic carbocycles. The summed E-state index contributed by atoms with van der Waals surface area (Å²) in [5.74, 6) is 0.573. The number of aromatic nitrogens is 1. The topological polar surface area (TPSA) is 39.2 Å². The third kappa shape index (κ3) is 3.17. The minimum atomic E-state index is -0.0429. The molecule has 3 nitrogen and oxygen atoms in total. The number of carbonyl (C=O) groups excluding carboxylic acids is 1. The zero-order valence-electron chi connectivity index (χ0n) is 10.0. The first kappa shape index (κ1) is 13.2. The molecule has 0 aliphatic heterocycles. The van der Waals surface area contributed by atoms with Crippen LogP contribution >= 0.6 is 27.3 Å². The van der Waals surface area contributed by atoms with Crippen LogP contribution in [0.4, 0.5) is 0 Å². The predicted molar refractivity (Wildman–Crippen MR) is 75.5 cm³/mol. The normalized spacial score (nSPS) is 10.7. The summed E-state index contributed by atoms with van der Waals surface area (Å²) in [5, 5.41) is 1.82.